The van der Waals surface area contributed by atoms with Crippen LogP contribution in [0.3, 0.4) is 0 Å². The molecule has 2 saturated carbocycles. The first kappa shape index (κ1) is 42.2. The Morgan fingerprint density at radius 3 is 2.15 bits per heavy atom. The molecule has 1 aromatic rings. The Morgan fingerprint density at radius 1 is 0.962 bits per heavy atom. The van der Waals surface area contributed by atoms with Crippen LogP contribution in [0.25, 0.3) is 0 Å². The van der Waals surface area contributed by atoms with Gasteiger partial charge in [0.2, 0.25) is 11.7 Å². The van der Waals surface area contributed by atoms with E-state index in [1.807, 2.05) is 34.6 Å². The number of hydrogen-bond acceptors (Lipinski definition) is 8. The fourth-order valence-corrected chi connectivity index (χ4v) is 8.99. The van der Waals surface area contributed by atoms with Crippen LogP contribution >= 0.6 is 0 Å². The van der Waals surface area contributed by atoms with Crippen LogP contribution in [0.2, 0.25) is 0 Å². The molecule has 1 aliphatic heterocycles. The fraction of sp³-hybridized carbons (Fsp3) is 0.756. The SMILES string of the molecule is CCCC(CC(=O)C1C(CC)C(CC)CN1C(=O)C(NC(=O)C(C1CCCCC1)[N+](C)(C)C(=O)c1cnccn1)C(C)(C)C)C(=O)C(=O)N(C)C1CC1. The third-order valence-corrected chi connectivity index (χ3v) is 12.2. The number of rotatable bonds is 16. The smallest absolute Gasteiger partial charge is 0.339 e. The Kier molecular flexibility index (Phi) is 14.1. The molecule has 294 valence electrons. The maximum Gasteiger partial charge on any atom is 0.366 e. The second-order valence-electron chi connectivity index (χ2n) is 17.4. The van der Waals surface area contributed by atoms with Gasteiger partial charge in [-0.1, -0.05) is 80.1 Å². The molecule has 12 heteroatoms. The minimum atomic E-state index is -0.988. The van der Waals surface area contributed by atoms with Gasteiger partial charge in [-0.2, -0.15) is 0 Å². The number of ketones is 2. The van der Waals surface area contributed by atoms with Gasteiger partial charge in [0.1, 0.15) is 6.04 Å². The first-order chi connectivity index (χ1) is 25.0. The summed E-state index contributed by atoms with van der Waals surface area (Å²) in [5, 5.41) is 3.14. The highest BCUT2D eigenvalue weighted by molar-refractivity contribution is 6.37. The average molecular weight is 738 g/mol. The zero-order chi connectivity index (χ0) is 39.2. The number of likely N-dealkylation sites (N-methyl/N-ethyl adjacent to an activating group) is 2. The normalized spacial score (nSPS) is 22.8. The van der Waals surface area contributed by atoms with Crippen molar-refractivity contribution in [2.24, 2.45) is 29.1 Å². The van der Waals surface area contributed by atoms with Crippen LogP contribution in [-0.4, -0.2) is 111 Å². The van der Waals surface area contributed by atoms with Gasteiger partial charge in [-0.15, -0.1) is 0 Å². The Bertz CT molecular complexity index is 1480. The van der Waals surface area contributed by atoms with Gasteiger partial charge in [-0.3, -0.25) is 29.0 Å². The van der Waals surface area contributed by atoms with Gasteiger partial charge >= 0.3 is 5.91 Å². The van der Waals surface area contributed by atoms with E-state index < -0.39 is 41.1 Å². The van der Waals surface area contributed by atoms with Crippen LogP contribution in [0.1, 0.15) is 129 Å². The molecule has 6 unspecified atom stereocenters. The molecule has 3 fully saturated rings. The quantitative estimate of drug-likeness (QED) is 0.184. The summed E-state index contributed by atoms with van der Waals surface area (Å²) in [6.45, 7) is 12.1. The van der Waals surface area contributed by atoms with Gasteiger partial charge in [0.25, 0.3) is 11.8 Å². The molecule has 12 nitrogen and oxygen atoms in total. The number of carbonyl (C=O) groups is 6. The molecule has 1 saturated heterocycles. The third kappa shape index (κ3) is 9.59. The Hall–Kier alpha value is -3.54. The Morgan fingerprint density at radius 2 is 1.62 bits per heavy atom. The predicted molar refractivity (Wildman–Crippen MR) is 202 cm³/mol. The van der Waals surface area contributed by atoms with E-state index in [9.17, 15) is 28.8 Å². The van der Waals surface area contributed by atoms with Crippen molar-refractivity contribution < 1.29 is 33.3 Å². The monoisotopic (exact) mass is 737 g/mol. The lowest BCUT2D eigenvalue weighted by molar-refractivity contribution is -0.829. The van der Waals surface area contributed by atoms with Crippen molar-refractivity contribution in [1.82, 2.24) is 25.1 Å². The molecule has 0 aromatic carbocycles. The Labute approximate surface area is 316 Å². The third-order valence-electron chi connectivity index (χ3n) is 12.2. The summed E-state index contributed by atoms with van der Waals surface area (Å²) < 4.78 is -0.275. The number of nitrogens with zero attached hydrogens (tertiary/aromatic N) is 5. The molecular weight excluding hydrogens is 672 g/mol. The minimum Gasteiger partial charge on any atom is -0.339 e. The standard InChI is InChI=1S/C41H64N6O6/c1-10-16-28(35(49)38(51)45(7)29-19-20-29)23-32(48)33-30(12-3)26(11-2)25-46(33)39(52)36(41(4,5)6)44-37(50)34(27-17-14-13-15-18-27)47(8,9)40(53)31-24-42-21-22-43-31/h21-22,24,26-30,33-34,36H,10-20,23,25H2,1-9H3/p+1. The van der Waals surface area contributed by atoms with Crippen molar-refractivity contribution in [3.05, 3.63) is 24.3 Å². The van der Waals surface area contributed by atoms with Crippen molar-refractivity contribution in [1.29, 1.82) is 0 Å². The van der Waals surface area contributed by atoms with E-state index >= 15 is 0 Å². The summed E-state index contributed by atoms with van der Waals surface area (Å²) in [5.41, 5.74) is -0.569. The minimum absolute atomic E-state index is 0.0624. The number of likely N-dealkylation sites (tertiary alicyclic amines) is 1. The number of hydrogen-bond donors (Lipinski definition) is 1. The highest BCUT2D eigenvalue weighted by Gasteiger charge is 2.52. The van der Waals surface area contributed by atoms with E-state index in [4.69, 9.17) is 0 Å². The molecule has 53 heavy (non-hydrogen) atoms. The number of carbonyl (C=O) groups excluding carboxylic acids is 6. The van der Waals surface area contributed by atoms with Crippen LogP contribution in [0.5, 0.6) is 0 Å². The second kappa shape index (κ2) is 17.7. The van der Waals surface area contributed by atoms with Crippen LogP contribution < -0.4 is 5.32 Å². The van der Waals surface area contributed by atoms with Gasteiger partial charge in [0, 0.05) is 50.3 Å². The van der Waals surface area contributed by atoms with Gasteiger partial charge in [-0.05, 0) is 49.4 Å². The van der Waals surface area contributed by atoms with Crippen molar-refractivity contribution in [2.45, 2.75) is 143 Å². The largest absolute Gasteiger partial charge is 0.366 e. The molecule has 1 N–H and O–H groups in total. The van der Waals surface area contributed by atoms with Crippen LogP contribution in [0.4, 0.5) is 0 Å². The molecule has 0 spiro atoms. The van der Waals surface area contributed by atoms with E-state index in [1.165, 1.54) is 23.5 Å². The topological polar surface area (TPSA) is 147 Å². The average Bonchev–Trinajstić information content (AvgIpc) is 3.92. The number of nitrogens with one attached hydrogen (secondary N) is 1. The highest BCUT2D eigenvalue weighted by Crippen LogP contribution is 2.39. The lowest BCUT2D eigenvalue weighted by Crippen LogP contribution is -2.66. The predicted octanol–water partition coefficient (Wildman–Crippen LogP) is 5.00. The van der Waals surface area contributed by atoms with E-state index in [2.05, 4.69) is 22.2 Å². The fourth-order valence-electron chi connectivity index (χ4n) is 8.99. The molecule has 2 heterocycles. The molecule has 6 atom stereocenters. The summed E-state index contributed by atoms with van der Waals surface area (Å²) in [4.78, 5) is 96.2. The van der Waals surface area contributed by atoms with E-state index in [0.717, 1.165) is 51.4 Å². The van der Waals surface area contributed by atoms with Gasteiger partial charge in [-0.25, -0.2) is 14.3 Å². The number of Topliss-reactive ketones (excluding diaryl/α,β-unsaturated/α-hetero) is 2. The van der Waals surface area contributed by atoms with E-state index in [-0.39, 0.29) is 63.9 Å². The molecule has 3 aliphatic rings. The molecule has 0 radical (unpaired) electrons. The summed E-state index contributed by atoms with van der Waals surface area (Å²) in [5.74, 6) is -3.22. The van der Waals surface area contributed by atoms with Crippen molar-refractivity contribution >= 4 is 35.2 Å². The van der Waals surface area contributed by atoms with Crippen molar-refractivity contribution in [2.75, 3.05) is 27.7 Å². The Balaban J connectivity index is 1.65. The summed E-state index contributed by atoms with van der Waals surface area (Å²) in [6.07, 6.45) is 13.1. The van der Waals surface area contributed by atoms with Crippen molar-refractivity contribution in [3.63, 3.8) is 0 Å². The lowest BCUT2D eigenvalue weighted by atomic mass is 9.80. The summed E-state index contributed by atoms with van der Waals surface area (Å²) in [6, 6.07) is -2.46. The molecular formula is C41H65N6O6+. The molecule has 2 aliphatic carbocycles. The van der Waals surface area contributed by atoms with Gasteiger partial charge < -0.3 is 15.1 Å². The molecule has 4 amide bonds. The molecule has 4 rings (SSSR count). The first-order valence-corrected chi connectivity index (χ1v) is 20.1. The zero-order valence-electron chi connectivity index (χ0n) is 33.7. The van der Waals surface area contributed by atoms with E-state index in [0.29, 0.717) is 25.8 Å². The molecule has 0 bridgehead atoms. The van der Waals surface area contributed by atoms with Crippen LogP contribution in [0.15, 0.2) is 18.6 Å². The maximum absolute atomic E-state index is 14.9. The van der Waals surface area contributed by atoms with Crippen molar-refractivity contribution in [3.8, 4) is 0 Å². The number of aromatic nitrogens is 2. The lowest BCUT2D eigenvalue weighted by Gasteiger charge is -2.42. The molecule has 1 aromatic heterocycles. The number of amides is 4. The van der Waals surface area contributed by atoms with Gasteiger partial charge in [0.15, 0.2) is 17.5 Å². The summed E-state index contributed by atoms with van der Waals surface area (Å²) in [7, 11) is 5.13. The first-order valence-electron chi connectivity index (χ1n) is 20.1. The highest BCUT2D eigenvalue weighted by atomic mass is 16.2. The van der Waals surface area contributed by atoms with Crippen LogP contribution in [-0.2, 0) is 24.0 Å². The summed E-state index contributed by atoms with van der Waals surface area (Å²) >= 11 is 0. The zero-order valence-corrected chi connectivity index (χ0v) is 33.7. The number of quaternary nitrogens is 1. The van der Waals surface area contributed by atoms with Crippen LogP contribution in [0, 0.1) is 29.1 Å². The maximum atomic E-state index is 14.9. The van der Waals surface area contributed by atoms with Gasteiger partial charge in [0.05, 0.1) is 26.3 Å². The second-order valence-corrected chi connectivity index (χ2v) is 17.4. The van der Waals surface area contributed by atoms with E-state index in [1.54, 1.807) is 26.0 Å².